The van der Waals surface area contributed by atoms with Gasteiger partial charge in [0.25, 0.3) is 5.91 Å². The summed E-state index contributed by atoms with van der Waals surface area (Å²) in [7, 11) is 0. The summed E-state index contributed by atoms with van der Waals surface area (Å²) in [5.41, 5.74) is 3.33. The maximum atomic E-state index is 12.5. The van der Waals surface area contributed by atoms with Crippen LogP contribution in [0.25, 0.3) is 0 Å². The maximum absolute atomic E-state index is 12.5. The van der Waals surface area contributed by atoms with Gasteiger partial charge < -0.3 is 4.90 Å². The second-order valence-corrected chi connectivity index (χ2v) is 8.52. The summed E-state index contributed by atoms with van der Waals surface area (Å²) in [4.78, 5) is 26.6. The second kappa shape index (κ2) is 7.93. The van der Waals surface area contributed by atoms with Crippen LogP contribution in [0.1, 0.15) is 38.8 Å². The number of rotatable bonds is 4. The molecule has 29 heavy (non-hydrogen) atoms. The van der Waals surface area contributed by atoms with Crippen molar-refractivity contribution in [2.24, 2.45) is 0 Å². The highest BCUT2D eigenvalue weighted by Crippen LogP contribution is 2.35. The molecule has 2 aromatic carbocycles. The molecule has 0 spiro atoms. The molecule has 0 saturated carbocycles. The van der Waals surface area contributed by atoms with Gasteiger partial charge in [-0.25, -0.2) is 0 Å². The van der Waals surface area contributed by atoms with Crippen molar-refractivity contribution >= 4 is 45.6 Å². The van der Waals surface area contributed by atoms with Gasteiger partial charge >= 0.3 is 0 Å². The Labute approximate surface area is 177 Å². The first kappa shape index (κ1) is 19.5. The Morgan fingerprint density at radius 2 is 2.03 bits per heavy atom. The Morgan fingerprint density at radius 3 is 2.79 bits per heavy atom. The highest BCUT2D eigenvalue weighted by molar-refractivity contribution is 7.15. The minimum absolute atomic E-state index is 0.0236. The first-order valence-corrected chi connectivity index (χ1v) is 10.4. The number of nitrogens with one attached hydrogen (secondary N) is 1. The molecule has 4 rings (SSSR count). The molecule has 1 unspecified atom stereocenters. The van der Waals surface area contributed by atoms with Crippen LogP contribution in [-0.4, -0.2) is 28.6 Å². The van der Waals surface area contributed by atoms with Crippen LogP contribution in [-0.2, 0) is 4.79 Å². The third-order valence-corrected chi connectivity index (χ3v) is 6.29. The Kier molecular flexibility index (Phi) is 5.34. The van der Waals surface area contributed by atoms with Crippen LogP contribution in [0.3, 0.4) is 0 Å². The predicted molar refractivity (Wildman–Crippen MR) is 115 cm³/mol. The molecule has 1 fully saturated rings. The molecule has 2 amide bonds. The summed E-state index contributed by atoms with van der Waals surface area (Å²) >= 11 is 7.51. The number of aromatic nitrogens is 2. The fourth-order valence-corrected chi connectivity index (χ4v) is 4.28. The van der Waals surface area contributed by atoms with Gasteiger partial charge in [-0.3, -0.25) is 14.9 Å². The number of amides is 2. The minimum Gasteiger partial charge on any atom is -0.312 e. The van der Waals surface area contributed by atoms with Crippen LogP contribution < -0.4 is 10.2 Å². The molecule has 8 heteroatoms. The lowest BCUT2D eigenvalue weighted by Gasteiger charge is -2.17. The van der Waals surface area contributed by atoms with E-state index < -0.39 is 0 Å². The first-order chi connectivity index (χ1) is 13.9. The number of nitrogens with zero attached hydrogens (tertiary/aromatic N) is 3. The van der Waals surface area contributed by atoms with E-state index in [0.29, 0.717) is 28.7 Å². The van der Waals surface area contributed by atoms with Crippen molar-refractivity contribution in [1.29, 1.82) is 0 Å². The van der Waals surface area contributed by atoms with Crippen molar-refractivity contribution in [2.75, 3.05) is 16.8 Å². The average molecular weight is 427 g/mol. The van der Waals surface area contributed by atoms with Crippen LogP contribution in [0.2, 0.25) is 5.02 Å². The van der Waals surface area contributed by atoms with Crippen molar-refractivity contribution in [3.63, 3.8) is 0 Å². The van der Waals surface area contributed by atoms with Crippen molar-refractivity contribution in [2.45, 2.75) is 26.2 Å². The van der Waals surface area contributed by atoms with E-state index in [0.717, 1.165) is 21.8 Å². The number of hydrogen-bond acceptors (Lipinski definition) is 5. The quantitative estimate of drug-likeness (QED) is 0.662. The molecule has 6 nitrogen and oxygen atoms in total. The average Bonchev–Trinajstić information content (AvgIpc) is 3.30. The van der Waals surface area contributed by atoms with Crippen LogP contribution >= 0.6 is 22.9 Å². The SMILES string of the molecule is Cc1cccc(C(=O)Nc2nnc(C3CC(=O)N(c4ccc(C)c(Cl)c4)C3)s2)c1. The largest absolute Gasteiger partial charge is 0.312 e. The molecule has 1 aromatic heterocycles. The van der Waals surface area contributed by atoms with E-state index in [-0.39, 0.29) is 17.7 Å². The zero-order valence-electron chi connectivity index (χ0n) is 16.0. The van der Waals surface area contributed by atoms with Gasteiger partial charge in [-0.1, -0.05) is 46.7 Å². The summed E-state index contributed by atoms with van der Waals surface area (Å²) in [5, 5.41) is 12.9. The third-order valence-electron chi connectivity index (χ3n) is 4.88. The van der Waals surface area contributed by atoms with E-state index in [1.165, 1.54) is 11.3 Å². The van der Waals surface area contributed by atoms with Gasteiger partial charge in [-0.05, 0) is 43.7 Å². The van der Waals surface area contributed by atoms with Gasteiger partial charge in [0.1, 0.15) is 5.01 Å². The summed E-state index contributed by atoms with van der Waals surface area (Å²) in [5.74, 6) is -0.269. The van der Waals surface area contributed by atoms with Gasteiger partial charge in [-0.15, -0.1) is 10.2 Å². The lowest BCUT2D eigenvalue weighted by molar-refractivity contribution is -0.117. The Hall–Kier alpha value is -2.77. The second-order valence-electron chi connectivity index (χ2n) is 7.11. The lowest BCUT2D eigenvalue weighted by Crippen LogP contribution is -2.24. The molecule has 0 bridgehead atoms. The van der Waals surface area contributed by atoms with Gasteiger partial charge in [-0.2, -0.15) is 0 Å². The lowest BCUT2D eigenvalue weighted by atomic mass is 10.1. The minimum atomic E-state index is -0.227. The number of hydrogen-bond donors (Lipinski definition) is 1. The molecule has 148 valence electrons. The number of carbonyl (C=O) groups is 2. The Bertz CT molecular complexity index is 1100. The normalized spacial score (nSPS) is 16.3. The Balaban J connectivity index is 1.46. The van der Waals surface area contributed by atoms with Gasteiger partial charge in [0.2, 0.25) is 11.0 Å². The maximum Gasteiger partial charge on any atom is 0.257 e. The highest BCUT2D eigenvalue weighted by atomic mass is 35.5. The van der Waals surface area contributed by atoms with E-state index in [4.69, 9.17) is 11.6 Å². The van der Waals surface area contributed by atoms with Crippen molar-refractivity contribution < 1.29 is 9.59 Å². The molecule has 1 aliphatic heterocycles. The molecule has 0 aliphatic carbocycles. The molecular formula is C21H19ClN4O2S. The Morgan fingerprint density at radius 1 is 1.21 bits per heavy atom. The topological polar surface area (TPSA) is 75.2 Å². The predicted octanol–water partition coefficient (Wildman–Crippen LogP) is 4.58. The molecule has 0 radical (unpaired) electrons. The highest BCUT2D eigenvalue weighted by Gasteiger charge is 2.34. The fraction of sp³-hybridized carbons (Fsp3) is 0.238. The zero-order valence-corrected chi connectivity index (χ0v) is 17.5. The van der Waals surface area contributed by atoms with Crippen LogP contribution in [0.15, 0.2) is 42.5 Å². The first-order valence-electron chi connectivity index (χ1n) is 9.18. The van der Waals surface area contributed by atoms with Crippen LogP contribution in [0.5, 0.6) is 0 Å². The van der Waals surface area contributed by atoms with E-state index in [2.05, 4.69) is 15.5 Å². The fourth-order valence-electron chi connectivity index (χ4n) is 3.28. The molecule has 1 saturated heterocycles. The zero-order chi connectivity index (χ0) is 20.5. The molecular weight excluding hydrogens is 408 g/mol. The number of aryl methyl sites for hydroxylation is 2. The van der Waals surface area contributed by atoms with Crippen molar-refractivity contribution in [3.05, 3.63) is 69.2 Å². The summed E-state index contributed by atoms with van der Waals surface area (Å²) in [6.45, 7) is 4.37. The molecule has 3 aromatic rings. The molecule has 1 N–H and O–H groups in total. The van der Waals surface area contributed by atoms with E-state index in [9.17, 15) is 9.59 Å². The smallest absolute Gasteiger partial charge is 0.257 e. The van der Waals surface area contributed by atoms with Gasteiger partial charge in [0, 0.05) is 35.2 Å². The summed E-state index contributed by atoms with van der Waals surface area (Å²) < 4.78 is 0. The molecule has 2 heterocycles. The van der Waals surface area contributed by atoms with Gasteiger partial charge in [0.05, 0.1) is 0 Å². The monoisotopic (exact) mass is 426 g/mol. The number of carbonyl (C=O) groups excluding carboxylic acids is 2. The van der Waals surface area contributed by atoms with Crippen molar-refractivity contribution in [3.8, 4) is 0 Å². The number of anilines is 2. The summed E-state index contributed by atoms with van der Waals surface area (Å²) in [6, 6.07) is 13.0. The molecule has 1 atom stereocenters. The standard InChI is InChI=1S/C21H19ClN4O2S/c1-12-4-3-5-14(8-12)19(28)23-21-25-24-20(29-21)15-9-18(27)26(11-15)16-7-6-13(2)17(22)10-16/h3-8,10,15H,9,11H2,1-2H3,(H,23,25,28). The van der Waals surface area contributed by atoms with E-state index >= 15 is 0 Å². The van der Waals surface area contributed by atoms with Crippen LogP contribution in [0.4, 0.5) is 10.8 Å². The van der Waals surface area contributed by atoms with Gasteiger partial charge in [0.15, 0.2) is 0 Å². The number of benzene rings is 2. The van der Waals surface area contributed by atoms with Crippen LogP contribution in [0, 0.1) is 13.8 Å². The van der Waals surface area contributed by atoms with E-state index in [1.807, 2.05) is 50.2 Å². The van der Waals surface area contributed by atoms with Crippen molar-refractivity contribution in [1.82, 2.24) is 10.2 Å². The van der Waals surface area contributed by atoms with E-state index in [1.54, 1.807) is 11.0 Å². The number of halogens is 1. The third kappa shape index (κ3) is 4.16. The summed E-state index contributed by atoms with van der Waals surface area (Å²) in [6.07, 6.45) is 0.353. The molecule has 1 aliphatic rings.